The number of ether oxygens (including phenoxy) is 2. The van der Waals surface area contributed by atoms with Crippen LogP contribution in [0.4, 0.5) is 0 Å². The third-order valence-corrected chi connectivity index (χ3v) is 5.60. The molecule has 6 heteroatoms. The van der Waals surface area contributed by atoms with Crippen LogP contribution < -0.4 is 14.8 Å². The Bertz CT molecular complexity index is 804. The van der Waals surface area contributed by atoms with E-state index < -0.39 is 0 Å². The van der Waals surface area contributed by atoms with E-state index in [9.17, 15) is 4.79 Å². The van der Waals surface area contributed by atoms with Crippen molar-refractivity contribution >= 4 is 17.5 Å². The van der Waals surface area contributed by atoms with Crippen molar-refractivity contribution < 1.29 is 14.3 Å². The lowest BCUT2D eigenvalue weighted by atomic mass is 9.95. The van der Waals surface area contributed by atoms with E-state index in [4.69, 9.17) is 21.1 Å². The highest BCUT2D eigenvalue weighted by Crippen LogP contribution is 2.30. The summed E-state index contributed by atoms with van der Waals surface area (Å²) in [4.78, 5) is 14.9. The highest BCUT2D eigenvalue weighted by atomic mass is 35.5. The van der Waals surface area contributed by atoms with Crippen LogP contribution in [-0.2, 0) is 11.3 Å². The fourth-order valence-electron chi connectivity index (χ4n) is 3.72. The first-order valence-electron chi connectivity index (χ1n) is 9.80. The molecule has 1 fully saturated rings. The van der Waals surface area contributed by atoms with E-state index in [1.165, 1.54) is 5.56 Å². The number of carbonyl (C=O) groups excluding carboxylic acids is 1. The van der Waals surface area contributed by atoms with Gasteiger partial charge in [-0.05, 0) is 55.8 Å². The zero-order valence-corrected chi connectivity index (χ0v) is 16.5. The van der Waals surface area contributed by atoms with Gasteiger partial charge in [0.2, 0.25) is 5.91 Å². The number of piperidine rings is 1. The van der Waals surface area contributed by atoms with Crippen molar-refractivity contribution in [3.8, 4) is 11.5 Å². The van der Waals surface area contributed by atoms with Crippen molar-refractivity contribution in [1.29, 1.82) is 0 Å². The van der Waals surface area contributed by atoms with Crippen molar-refractivity contribution in [2.24, 2.45) is 5.92 Å². The molecule has 148 valence electrons. The molecule has 2 aliphatic heterocycles. The summed E-state index contributed by atoms with van der Waals surface area (Å²) >= 11 is 5.94. The number of carbonyl (C=O) groups is 1. The molecule has 1 N–H and O–H groups in total. The summed E-state index contributed by atoms with van der Waals surface area (Å²) in [6.45, 7) is 3.68. The Balaban J connectivity index is 1.20. The summed E-state index contributed by atoms with van der Waals surface area (Å²) in [5.74, 6) is 1.69. The number of amides is 1. The Hall–Kier alpha value is -2.24. The van der Waals surface area contributed by atoms with Gasteiger partial charge in [-0.15, -0.1) is 0 Å². The number of nitrogens with one attached hydrogen (secondary N) is 1. The van der Waals surface area contributed by atoms with Crippen LogP contribution in [0.1, 0.15) is 18.4 Å². The molecular weight excluding hydrogens is 376 g/mol. The number of halogens is 1. The molecule has 2 aliphatic rings. The lowest BCUT2D eigenvalue weighted by Crippen LogP contribution is -2.45. The van der Waals surface area contributed by atoms with Crippen molar-refractivity contribution in [2.45, 2.75) is 25.5 Å². The normalized spacial score (nSPS) is 20.0. The molecule has 2 heterocycles. The summed E-state index contributed by atoms with van der Waals surface area (Å²) in [5, 5.41) is 3.81. The van der Waals surface area contributed by atoms with E-state index in [0.717, 1.165) is 49.0 Å². The Morgan fingerprint density at radius 1 is 1.07 bits per heavy atom. The molecule has 28 heavy (non-hydrogen) atoms. The van der Waals surface area contributed by atoms with Crippen LogP contribution in [0.15, 0.2) is 48.5 Å². The van der Waals surface area contributed by atoms with E-state index in [0.29, 0.717) is 13.2 Å². The lowest BCUT2D eigenvalue weighted by Gasteiger charge is -2.32. The van der Waals surface area contributed by atoms with Gasteiger partial charge in [-0.1, -0.05) is 35.9 Å². The summed E-state index contributed by atoms with van der Waals surface area (Å²) in [7, 11) is 0. The topological polar surface area (TPSA) is 50.8 Å². The quantitative estimate of drug-likeness (QED) is 0.834. The molecule has 0 aromatic heterocycles. The molecule has 0 aliphatic carbocycles. The molecule has 5 nitrogen and oxygen atoms in total. The average molecular weight is 401 g/mol. The number of hydrogen-bond acceptors (Lipinski definition) is 4. The molecule has 0 bridgehead atoms. The minimum Gasteiger partial charge on any atom is -0.486 e. The van der Waals surface area contributed by atoms with Crippen LogP contribution in [0.3, 0.4) is 0 Å². The van der Waals surface area contributed by atoms with E-state index in [2.05, 4.69) is 22.3 Å². The van der Waals surface area contributed by atoms with Crippen molar-refractivity contribution in [2.75, 3.05) is 26.2 Å². The van der Waals surface area contributed by atoms with Gasteiger partial charge >= 0.3 is 0 Å². The average Bonchev–Trinajstić information content (AvgIpc) is 2.74. The van der Waals surface area contributed by atoms with Crippen molar-refractivity contribution in [3.05, 3.63) is 59.1 Å². The molecular formula is C22H25ClN2O3. The summed E-state index contributed by atoms with van der Waals surface area (Å²) in [6.07, 6.45) is 1.61. The second kappa shape index (κ2) is 8.84. The predicted molar refractivity (Wildman–Crippen MR) is 109 cm³/mol. The van der Waals surface area contributed by atoms with Gasteiger partial charge in [0.15, 0.2) is 11.5 Å². The van der Waals surface area contributed by atoms with Gasteiger partial charge in [0, 0.05) is 17.5 Å². The van der Waals surface area contributed by atoms with Gasteiger partial charge in [0.05, 0.1) is 6.54 Å². The van der Waals surface area contributed by atoms with Crippen LogP contribution in [-0.4, -0.2) is 43.2 Å². The largest absolute Gasteiger partial charge is 0.486 e. The maximum Gasteiger partial charge on any atom is 0.223 e. The van der Waals surface area contributed by atoms with Gasteiger partial charge < -0.3 is 14.8 Å². The van der Waals surface area contributed by atoms with Gasteiger partial charge in [-0.3, -0.25) is 9.69 Å². The Kier molecular flexibility index (Phi) is 6.03. The molecule has 0 unspecified atom stereocenters. The molecule has 0 spiro atoms. The number of nitrogens with zero attached hydrogens (tertiary/aromatic N) is 1. The van der Waals surface area contributed by atoms with Crippen LogP contribution in [0.2, 0.25) is 5.02 Å². The fourth-order valence-corrected chi connectivity index (χ4v) is 3.85. The van der Waals surface area contributed by atoms with E-state index >= 15 is 0 Å². The highest BCUT2D eigenvalue weighted by molar-refractivity contribution is 6.30. The molecule has 2 aromatic rings. The molecule has 4 rings (SSSR count). The predicted octanol–water partition coefficient (Wildman–Crippen LogP) is 3.51. The van der Waals surface area contributed by atoms with Crippen LogP contribution in [0, 0.1) is 5.92 Å². The maximum atomic E-state index is 12.5. The number of para-hydroxylation sites is 2. The first kappa shape index (κ1) is 19.1. The van der Waals surface area contributed by atoms with Gasteiger partial charge in [-0.2, -0.15) is 0 Å². The zero-order chi connectivity index (χ0) is 19.3. The Labute approximate surface area is 170 Å². The lowest BCUT2D eigenvalue weighted by molar-refractivity contribution is -0.127. The fraction of sp³-hybridized carbons (Fsp3) is 0.409. The zero-order valence-electron chi connectivity index (χ0n) is 15.8. The number of rotatable bonds is 5. The number of fused-ring (bicyclic) bond motifs is 1. The standard InChI is InChI=1S/C22H25ClN2O3/c23-18-7-5-16(6-8-18)14-25-11-9-17(10-12-25)22(26)24-13-19-15-27-20-3-1-2-4-21(20)28-19/h1-8,17,19H,9-15H2,(H,24,26)/t19-/m1/s1. The molecule has 0 saturated carbocycles. The summed E-state index contributed by atoms with van der Waals surface area (Å²) in [6, 6.07) is 15.6. The first-order valence-corrected chi connectivity index (χ1v) is 10.2. The van der Waals surface area contributed by atoms with Crippen molar-refractivity contribution in [3.63, 3.8) is 0 Å². The second-order valence-corrected chi connectivity index (χ2v) is 7.86. The smallest absolute Gasteiger partial charge is 0.223 e. The summed E-state index contributed by atoms with van der Waals surface area (Å²) < 4.78 is 11.6. The Morgan fingerprint density at radius 3 is 2.54 bits per heavy atom. The van der Waals surface area contributed by atoms with Crippen molar-refractivity contribution in [1.82, 2.24) is 10.2 Å². The number of hydrogen-bond donors (Lipinski definition) is 1. The SMILES string of the molecule is O=C(NC[C@@H]1COc2ccccc2O1)C1CCN(Cc2ccc(Cl)cc2)CC1. The molecule has 1 atom stereocenters. The number of likely N-dealkylation sites (tertiary alicyclic amines) is 1. The molecule has 0 radical (unpaired) electrons. The highest BCUT2D eigenvalue weighted by Gasteiger charge is 2.27. The first-order chi connectivity index (χ1) is 13.7. The van der Waals surface area contributed by atoms with Crippen LogP contribution in [0.25, 0.3) is 0 Å². The van der Waals surface area contributed by atoms with Crippen LogP contribution >= 0.6 is 11.6 Å². The second-order valence-electron chi connectivity index (χ2n) is 7.42. The minimum absolute atomic E-state index is 0.0678. The molecule has 1 amide bonds. The van der Waals surface area contributed by atoms with E-state index in [1.54, 1.807) is 0 Å². The monoisotopic (exact) mass is 400 g/mol. The maximum absolute atomic E-state index is 12.5. The Morgan fingerprint density at radius 2 is 1.79 bits per heavy atom. The third kappa shape index (κ3) is 4.78. The molecule has 2 aromatic carbocycles. The third-order valence-electron chi connectivity index (χ3n) is 5.35. The van der Waals surface area contributed by atoms with Crippen LogP contribution in [0.5, 0.6) is 11.5 Å². The number of benzene rings is 2. The van der Waals surface area contributed by atoms with Gasteiger partial charge in [0.25, 0.3) is 0 Å². The van der Waals surface area contributed by atoms with Gasteiger partial charge in [-0.25, -0.2) is 0 Å². The summed E-state index contributed by atoms with van der Waals surface area (Å²) in [5.41, 5.74) is 1.25. The molecule has 1 saturated heterocycles. The van der Waals surface area contributed by atoms with E-state index in [1.807, 2.05) is 36.4 Å². The van der Waals surface area contributed by atoms with Gasteiger partial charge in [0.1, 0.15) is 12.7 Å². The van der Waals surface area contributed by atoms with E-state index in [-0.39, 0.29) is 17.9 Å². The minimum atomic E-state index is -0.149.